The van der Waals surface area contributed by atoms with Gasteiger partial charge in [-0.25, -0.2) is 25.9 Å². The maximum Gasteiger partial charge on any atom is 0.264 e. The first kappa shape index (κ1) is 19.2. The second kappa shape index (κ2) is 6.98. The monoisotopic (exact) mass is 406 g/mol. The van der Waals surface area contributed by atoms with Crippen molar-refractivity contribution in [2.75, 3.05) is 4.72 Å². The average molecular weight is 407 g/mol. The van der Waals surface area contributed by atoms with Crippen LogP contribution in [0.2, 0.25) is 5.02 Å². The molecule has 0 heterocycles. The van der Waals surface area contributed by atoms with Gasteiger partial charge in [-0.1, -0.05) is 17.7 Å². The maximum atomic E-state index is 13.9. The number of hydrogen-bond donors (Lipinski definition) is 2. The molecular weight excluding hydrogens is 395 g/mol. The van der Waals surface area contributed by atoms with E-state index in [2.05, 4.69) is 4.72 Å². The highest BCUT2D eigenvalue weighted by Gasteiger charge is 2.21. The molecule has 0 aliphatic rings. The molecule has 2 N–H and O–H groups in total. The molecule has 2 rings (SSSR count). The average Bonchev–Trinajstić information content (AvgIpc) is 2.48. The Morgan fingerprint density at radius 2 is 1.60 bits per heavy atom. The summed E-state index contributed by atoms with van der Waals surface area (Å²) in [5, 5.41) is -0.348. The van der Waals surface area contributed by atoms with Crippen molar-refractivity contribution in [2.45, 2.75) is 16.7 Å². The molecule has 0 fully saturated rings. The van der Waals surface area contributed by atoms with Crippen molar-refractivity contribution < 1.29 is 26.0 Å². The summed E-state index contributed by atoms with van der Waals surface area (Å²) >= 11 is 5.57. The zero-order valence-corrected chi connectivity index (χ0v) is 15.0. The van der Waals surface area contributed by atoms with Crippen LogP contribution in [0.1, 0.15) is 6.92 Å². The maximum absolute atomic E-state index is 13.9. The number of sulfonamides is 2. The summed E-state index contributed by atoms with van der Waals surface area (Å²) in [7, 11) is -8.30. The Bertz CT molecular complexity index is 1020. The van der Waals surface area contributed by atoms with E-state index >= 15 is 0 Å². The minimum Gasteiger partial charge on any atom is -0.280 e. The van der Waals surface area contributed by atoms with E-state index in [1.54, 1.807) is 4.72 Å². The fourth-order valence-corrected chi connectivity index (χ4v) is 4.23. The van der Waals surface area contributed by atoms with Crippen LogP contribution < -0.4 is 9.44 Å². The van der Waals surface area contributed by atoms with Gasteiger partial charge in [0.15, 0.2) is 5.82 Å². The van der Waals surface area contributed by atoms with E-state index in [1.165, 1.54) is 12.1 Å². The molecule has 7 nitrogen and oxygen atoms in total. The Hall–Kier alpha value is -2.17. The standard InChI is InChI=1S/C14H12ClFN2O5S2/c1-9(19)17-24(20,21)11-7-5-10(6-8-11)18-25(22,23)13-4-2-3-12(15)14(13)16/h2-8,18H,1H3,(H,17,19). The number of halogens is 2. The molecule has 0 atom stereocenters. The SMILES string of the molecule is CC(=O)NS(=O)(=O)c1ccc(NS(=O)(=O)c2cccc(Cl)c2F)cc1. The topological polar surface area (TPSA) is 109 Å². The van der Waals surface area contributed by atoms with Crippen LogP contribution in [0, 0.1) is 5.82 Å². The number of hydrogen-bond acceptors (Lipinski definition) is 5. The number of benzene rings is 2. The van der Waals surface area contributed by atoms with E-state index in [1.807, 2.05) is 0 Å². The fraction of sp³-hybridized carbons (Fsp3) is 0.0714. The summed E-state index contributed by atoms with van der Waals surface area (Å²) in [6.07, 6.45) is 0. The normalized spacial score (nSPS) is 11.8. The molecule has 1 amide bonds. The first-order valence-electron chi connectivity index (χ1n) is 6.63. The lowest BCUT2D eigenvalue weighted by Gasteiger charge is -2.10. The van der Waals surface area contributed by atoms with Crippen LogP contribution in [0.4, 0.5) is 10.1 Å². The van der Waals surface area contributed by atoms with Crippen LogP contribution in [0.3, 0.4) is 0 Å². The lowest BCUT2D eigenvalue weighted by Crippen LogP contribution is -2.28. The van der Waals surface area contributed by atoms with Gasteiger partial charge in [0.05, 0.1) is 9.92 Å². The van der Waals surface area contributed by atoms with Gasteiger partial charge in [-0.2, -0.15) is 0 Å². The van der Waals surface area contributed by atoms with Crippen molar-refractivity contribution in [1.29, 1.82) is 0 Å². The van der Waals surface area contributed by atoms with Crippen LogP contribution in [0.15, 0.2) is 52.3 Å². The molecule has 0 aromatic heterocycles. The van der Waals surface area contributed by atoms with Gasteiger partial charge in [0, 0.05) is 12.6 Å². The van der Waals surface area contributed by atoms with Gasteiger partial charge in [-0.15, -0.1) is 0 Å². The van der Waals surface area contributed by atoms with Gasteiger partial charge in [-0.3, -0.25) is 9.52 Å². The fourth-order valence-electron chi connectivity index (χ4n) is 1.85. The minimum atomic E-state index is -4.26. The second-order valence-electron chi connectivity index (χ2n) is 4.84. The van der Waals surface area contributed by atoms with Gasteiger partial charge < -0.3 is 0 Å². The molecule has 134 valence electrons. The first-order valence-corrected chi connectivity index (χ1v) is 9.97. The minimum absolute atomic E-state index is 0.00107. The molecule has 0 saturated heterocycles. The predicted molar refractivity (Wildman–Crippen MR) is 89.7 cm³/mol. The van der Waals surface area contributed by atoms with E-state index in [0.29, 0.717) is 0 Å². The second-order valence-corrected chi connectivity index (χ2v) is 8.58. The van der Waals surface area contributed by atoms with Gasteiger partial charge in [0.2, 0.25) is 5.91 Å². The third kappa shape index (κ3) is 4.47. The van der Waals surface area contributed by atoms with Crippen LogP contribution in [-0.2, 0) is 24.8 Å². The molecule has 0 aliphatic carbocycles. The van der Waals surface area contributed by atoms with E-state index < -0.39 is 36.7 Å². The number of amides is 1. The Morgan fingerprint density at radius 1 is 1.00 bits per heavy atom. The lowest BCUT2D eigenvalue weighted by atomic mass is 10.3. The van der Waals surface area contributed by atoms with Crippen molar-refractivity contribution in [1.82, 2.24) is 4.72 Å². The summed E-state index contributed by atoms with van der Waals surface area (Å²) in [4.78, 5) is 10.00. The molecule has 0 saturated carbocycles. The van der Waals surface area contributed by atoms with Crippen molar-refractivity contribution in [3.05, 3.63) is 53.3 Å². The molecule has 0 aliphatic heterocycles. The van der Waals surface area contributed by atoms with Crippen LogP contribution in [0.5, 0.6) is 0 Å². The van der Waals surface area contributed by atoms with Gasteiger partial charge in [0.25, 0.3) is 20.0 Å². The zero-order chi connectivity index (χ0) is 18.8. The Balaban J connectivity index is 2.29. The number of carbonyl (C=O) groups excluding carboxylic acids is 1. The highest BCUT2D eigenvalue weighted by molar-refractivity contribution is 7.92. The third-order valence-electron chi connectivity index (χ3n) is 2.90. The molecule has 2 aromatic rings. The van der Waals surface area contributed by atoms with E-state index in [4.69, 9.17) is 11.6 Å². The summed E-state index contributed by atoms with van der Waals surface area (Å²) in [6.45, 7) is 1.04. The molecule has 0 unspecified atom stereocenters. The Morgan fingerprint density at radius 3 is 2.16 bits per heavy atom. The largest absolute Gasteiger partial charge is 0.280 e. The highest BCUT2D eigenvalue weighted by atomic mass is 35.5. The summed E-state index contributed by atoms with van der Waals surface area (Å²) in [5.74, 6) is -1.86. The van der Waals surface area contributed by atoms with Gasteiger partial charge in [-0.05, 0) is 36.4 Å². The predicted octanol–water partition coefficient (Wildman–Crippen LogP) is 2.10. The van der Waals surface area contributed by atoms with Crippen molar-refractivity contribution >= 4 is 43.2 Å². The first-order chi connectivity index (χ1) is 11.5. The van der Waals surface area contributed by atoms with Crippen LogP contribution >= 0.6 is 11.6 Å². The third-order valence-corrected chi connectivity index (χ3v) is 6.04. The Kier molecular flexibility index (Phi) is 5.35. The smallest absolute Gasteiger partial charge is 0.264 e. The van der Waals surface area contributed by atoms with Gasteiger partial charge in [0.1, 0.15) is 4.90 Å². The molecular formula is C14H12ClFN2O5S2. The lowest BCUT2D eigenvalue weighted by molar-refractivity contribution is -0.117. The molecule has 25 heavy (non-hydrogen) atoms. The molecule has 2 aromatic carbocycles. The quantitative estimate of drug-likeness (QED) is 0.790. The summed E-state index contributed by atoms with van der Waals surface area (Å²) < 4.78 is 65.8. The van der Waals surface area contributed by atoms with Crippen molar-refractivity contribution in [2.24, 2.45) is 0 Å². The van der Waals surface area contributed by atoms with Crippen molar-refractivity contribution in [3.8, 4) is 0 Å². The highest BCUT2D eigenvalue weighted by Crippen LogP contribution is 2.24. The van der Waals surface area contributed by atoms with E-state index in [0.717, 1.165) is 37.3 Å². The van der Waals surface area contributed by atoms with Crippen molar-refractivity contribution in [3.63, 3.8) is 0 Å². The number of nitrogens with one attached hydrogen (secondary N) is 2. The molecule has 11 heteroatoms. The zero-order valence-electron chi connectivity index (χ0n) is 12.7. The summed E-state index contributed by atoms with van der Waals surface area (Å²) in [5.41, 5.74) is 0.00107. The number of carbonyl (C=O) groups is 1. The molecule has 0 radical (unpaired) electrons. The van der Waals surface area contributed by atoms with Crippen LogP contribution in [0.25, 0.3) is 0 Å². The number of rotatable bonds is 5. The summed E-state index contributed by atoms with van der Waals surface area (Å²) in [6, 6.07) is 8.04. The number of anilines is 1. The molecule has 0 bridgehead atoms. The Labute approximate surface area is 148 Å². The van der Waals surface area contributed by atoms with E-state index in [9.17, 15) is 26.0 Å². The van der Waals surface area contributed by atoms with E-state index in [-0.39, 0.29) is 15.6 Å². The molecule has 0 spiro atoms. The van der Waals surface area contributed by atoms with Crippen LogP contribution in [-0.4, -0.2) is 22.7 Å². The van der Waals surface area contributed by atoms with Gasteiger partial charge >= 0.3 is 0 Å².